The molecule has 0 saturated carbocycles. The van der Waals surface area contributed by atoms with Gasteiger partial charge in [0.25, 0.3) is 11.8 Å². The molecule has 0 spiro atoms. The number of H-pyrrole nitrogens is 1. The van der Waals surface area contributed by atoms with Crippen molar-refractivity contribution in [1.29, 1.82) is 0 Å². The molecule has 3 N–H and O–H groups in total. The topological polar surface area (TPSA) is 86.9 Å². The normalized spacial score (nSPS) is 10.5. The van der Waals surface area contributed by atoms with Crippen LogP contribution in [0.25, 0.3) is 10.9 Å². The van der Waals surface area contributed by atoms with E-state index in [2.05, 4.69) is 20.8 Å². The highest BCUT2D eigenvalue weighted by atomic mass is 16.2. The van der Waals surface area contributed by atoms with Gasteiger partial charge in [0, 0.05) is 16.6 Å². The number of rotatable bonds is 4. The number of nitrogens with one attached hydrogen (secondary N) is 3. The van der Waals surface area contributed by atoms with Gasteiger partial charge >= 0.3 is 0 Å². The van der Waals surface area contributed by atoms with Crippen molar-refractivity contribution in [1.82, 2.24) is 10.2 Å². The van der Waals surface area contributed by atoms with Gasteiger partial charge in [-0.3, -0.25) is 14.7 Å². The highest BCUT2D eigenvalue weighted by Gasteiger charge is 2.14. The lowest BCUT2D eigenvalue weighted by atomic mass is 10.1. The molecule has 0 radical (unpaired) electrons. The van der Waals surface area contributed by atoms with Crippen LogP contribution in [-0.2, 0) is 0 Å². The SMILES string of the molecule is O=C(Nc1ccccc1C(=O)Nc1ccc2[nH]ncc2c1)c1ccccc1. The van der Waals surface area contributed by atoms with E-state index in [9.17, 15) is 9.59 Å². The molecule has 0 aliphatic rings. The van der Waals surface area contributed by atoms with Crippen LogP contribution < -0.4 is 10.6 Å². The third-order valence-corrected chi connectivity index (χ3v) is 4.15. The largest absolute Gasteiger partial charge is 0.322 e. The number of fused-ring (bicyclic) bond motifs is 1. The quantitative estimate of drug-likeness (QED) is 0.515. The van der Waals surface area contributed by atoms with E-state index >= 15 is 0 Å². The Bertz CT molecular complexity index is 1120. The summed E-state index contributed by atoms with van der Waals surface area (Å²) < 4.78 is 0. The van der Waals surface area contributed by atoms with Gasteiger partial charge in [0.05, 0.1) is 23.0 Å². The number of amides is 2. The second-order valence-electron chi connectivity index (χ2n) is 5.99. The van der Waals surface area contributed by atoms with Crippen molar-refractivity contribution in [3.8, 4) is 0 Å². The van der Waals surface area contributed by atoms with Crippen LogP contribution in [0.3, 0.4) is 0 Å². The predicted octanol–water partition coefficient (Wildman–Crippen LogP) is 4.07. The first-order chi connectivity index (χ1) is 13.2. The summed E-state index contributed by atoms with van der Waals surface area (Å²) in [5, 5.41) is 13.4. The standard InChI is InChI=1S/C21H16N4O2/c26-20(14-6-2-1-3-7-14)24-19-9-5-4-8-17(19)21(27)23-16-10-11-18-15(12-16)13-22-25-18/h1-13H,(H,22,25)(H,23,27)(H,24,26). The molecule has 6 heteroatoms. The van der Waals surface area contributed by atoms with Gasteiger partial charge in [-0.1, -0.05) is 30.3 Å². The molecule has 4 aromatic rings. The number of carbonyl (C=O) groups excluding carboxylic acids is 2. The van der Waals surface area contributed by atoms with E-state index in [-0.39, 0.29) is 11.8 Å². The summed E-state index contributed by atoms with van der Waals surface area (Å²) in [5.74, 6) is -0.572. The molecule has 27 heavy (non-hydrogen) atoms. The Kier molecular flexibility index (Phi) is 4.37. The third-order valence-electron chi connectivity index (χ3n) is 4.15. The van der Waals surface area contributed by atoms with Gasteiger partial charge < -0.3 is 10.6 Å². The fourth-order valence-corrected chi connectivity index (χ4v) is 2.79. The van der Waals surface area contributed by atoms with Crippen LogP contribution in [0.4, 0.5) is 11.4 Å². The average Bonchev–Trinajstić information content (AvgIpc) is 3.17. The minimum atomic E-state index is -0.304. The first-order valence-electron chi connectivity index (χ1n) is 8.40. The number of nitrogens with zero attached hydrogens (tertiary/aromatic N) is 1. The molecule has 0 aliphatic heterocycles. The number of para-hydroxylation sites is 1. The summed E-state index contributed by atoms with van der Waals surface area (Å²) in [6.45, 7) is 0. The number of anilines is 2. The van der Waals surface area contributed by atoms with Crippen LogP contribution in [0.1, 0.15) is 20.7 Å². The Morgan fingerprint density at radius 1 is 0.815 bits per heavy atom. The van der Waals surface area contributed by atoms with E-state index in [1.54, 1.807) is 60.8 Å². The lowest BCUT2D eigenvalue weighted by molar-refractivity contribution is 0.102. The van der Waals surface area contributed by atoms with Gasteiger partial charge in [-0.15, -0.1) is 0 Å². The fraction of sp³-hybridized carbons (Fsp3) is 0. The zero-order valence-corrected chi connectivity index (χ0v) is 14.3. The number of benzene rings is 3. The summed E-state index contributed by atoms with van der Waals surface area (Å²) in [7, 11) is 0. The molecule has 132 valence electrons. The van der Waals surface area contributed by atoms with Gasteiger partial charge in [-0.25, -0.2) is 0 Å². The van der Waals surface area contributed by atoms with E-state index in [4.69, 9.17) is 0 Å². The molecule has 6 nitrogen and oxygen atoms in total. The Morgan fingerprint density at radius 2 is 1.59 bits per heavy atom. The van der Waals surface area contributed by atoms with Crippen molar-refractivity contribution < 1.29 is 9.59 Å². The summed E-state index contributed by atoms with van der Waals surface area (Å²) in [6.07, 6.45) is 1.69. The van der Waals surface area contributed by atoms with Crippen LogP contribution in [0.5, 0.6) is 0 Å². The third kappa shape index (κ3) is 3.55. The number of carbonyl (C=O) groups is 2. The number of hydrogen-bond acceptors (Lipinski definition) is 3. The predicted molar refractivity (Wildman–Crippen MR) is 105 cm³/mol. The lowest BCUT2D eigenvalue weighted by Crippen LogP contribution is -2.18. The highest BCUT2D eigenvalue weighted by Crippen LogP contribution is 2.21. The smallest absolute Gasteiger partial charge is 0.257 e. The minimum Gasteiger partial charge on any atom is -0.322 e. The van der Waals surface area contributed by atoms with Crippen molar-refractivity contribution in [3.05, 3.63) is 90.1 Å². The van der Waals surface area contributed by atoms with Gasteiger partial charge in [-0.05, 0) is 42.5 Å². The van der Waals surface area contributed by atoms with Crippen LogP contribution in [-0.4, -0.2) is 22.0 Å². The zero-order valence-electron chi connectivity index (χ0n) is 14.3. The van der Waals surface area contributed by atoms with E-state index in [1.807, 2.05) is 18.2 Å². The maximum Gasteiger partial charge on any atom is 0.257 e. The maximum absolute atomic E-state index is 12.7. The molecule has 1 heterocycles. The molecule has 2 amide bonds. The van der Waals surface area contributed by atoms with Gasteiger partial charge in [0.2, 0.25) is 0 Å². The Balaban J connectivity index is 1.56. The van der Waals surface area contributed by atoms with Crippen molar-refractivity contribution >= 4 is 34.1 Å². The molecule has 0 saturated heterocycles. The first kappa shape index (κ1) is 16.5. The van der Waals surface area contributed by atoms with Crippen molar-refractivity contribution in [2.24, 2.45) is 0 Å². The molecular formula is C21H16N4O2. The number of aromatic nitrogens is 2. The highest BCUT2D eigenvalue weighted by molar-refractivity contribution is 6.12. The molecule has 0 bridgehead atoms. The van der Waals surface area contributed by atoms with E-state index < -0.39 is 0 Å². The molecule has 0 aliphatic carbocycles. The molecule has 4 rings (SSSR count). The van der Waals surface area contributed by atoms with Crippen LogP contribution >= 0.6 is 0 Å². The molecule has 0 unspecified atom stereocenters. The van der Waals surface area contributed by atoms with Crippen molar-refractivity contribution in [3.63, 3.8) is 0 Å². The van der Waals surface area contributed by atoms with Crippen LogP contribution in [0, 0.1) is 0 Å². The Morgan fingerprint density at radius 3 is 2.44 bits per heavy atom. The van der Waals surface area contributed by atoms with Gasteiger partial charge in [0.1, 0.15) is 0 Å². The molecule has 0 fully saturated rings. The summed E-state index contributed by atoms with van der Waals surface area (Å²) >= 11 is 0. The van der Waals surface area contributed by atoms with E-state index in [0.717, 1.165) is 10.9 Å². The summed E-state index contributed by atoms with van der Waals surface area (Å²) in [4.78, 5) is 25.2. The van der Waals surface area contributed by atoms with Crippen molar-refractivity contribution in [2.45, 2.75) is 0 Å². The minimum absolute atomic E-state index is 0.268. The Hall–Kier alpha value is -3.93. The molecule has 0 atom stereocenters. The van der Waals surface area contributed by atoms with Crippen LogP contribution in [0.2, 0.25) is 0 Å². The average molecular weight is 356 g/mol. The van der Waals surface area contributed by atoms with Gasteiger partial charge in [0.15, 0.2) is 0 Å². The van der Waals surface area contributed by atoms with E-state index in [0.29, 0.717) is 22.5 Å². The summed E-state index contributed by atoms with van der Waals surface area (Å²) in [5.41, 5.74) is 2.90. The van der Waals surface area contributed by atoms with E-state index in [1.165, 1.54) is 0 Å². The summed E-state index contributed by atoms with van der Waals surface area (Å²) in [6, 6.07) is 21.2. The second-order valence-corrected chi connectivity index (χ2v) is 5.99. The van der Waals surface area contributed by atoms with Gasteiger partial charge in [-0.2, -0.15) is 5.10 Å². The lowest BCUT2D eigenvalue weighted by Gasteiger charge is -2.11. The second kappa shape index (κ2) is 7.13. The fourth-order valence-electron chi connectivity index (χ4n) is 2.79. The Labute approximate surface area is 155 Å². The molecular weight excluding hydrogens is 340 g/mol. The monoisotopic (exact) mass is 356 g/mol. The van der Waals surface area contributed by atoms with Crippen LogP contribution in [0.15, 0.2) is 79.0 Å². The maximum atomic E-state index is 12.7. The zero-order chi connectivity index (χ0) is 18.6. The molecule has 3 aromatic carbocycles. The first-order valence-corrected chi connectivity index (χ1v) is 8.40. The molecule has 1 aromatic heterocycles. The van der Waals surface area contributed by atoms with Crippen molar-refractivity contribution in [2.75, 3.05) is 10.6 Å². The number of aromatic amines is 1. The number of hydrogen-bond donors (Lipinski definition) is 3.